The summed E-state index contributed by atoms with van der Waals surface area (Å²) in [4.78, 5) is 97.4. The molecule has 7 N–H and O–H groups in total. The number of carbonyl (C=O) groups is 7. The van der Waals surface area contributed by atoms with Gasteiger partial charge in [0.2, 0.25) is 17.3 Å². The van der Waals surface area contributed by atoms with Crippen molar-refractivity contribution < 1.29 is 93.0 Å². The summed E-state index contributed by atoms with van der Waals surface area (Å²) in [5.74, 6) is -10.6. The van der Waals surface area contributed by atoms with Crippen LogP contribution < -0.4 is 0 Å². The van der Waals surface area contributed by atoms with Gasteiger partial charge in [-0.2, -0.15) is 0 Å². The van der Waals surface area contributed by atoms with Gasteiger partial charge in [-0.3, -0.25) is 28.8 Å². The van der Waals surface area contributed by atoms with Gasteiger partial charge in [0, 0.05) is 11.1 Å². The number of hydrogen-bond donors (Lipinski definition) is 7. The van der Waals surface area contributed by atoms with Gasteiger partial charge in [0.05, 0.1) is 55.5 Å². The van der Waals surface area contributed by atoms with E-state index in [0.29, 0.717) is 6.08 Å². The fraction of sp³-hybridized carbons (Fsp3) is 0.462. The van der Waals surface area contributed by atoms with Gasteiger partial charge in [-0.25, -0.2) is 4.79 Å². The predicted octanol–water partition coefficient (Wildman–Crippen LogP) is 0.127. The molecule has 11 atom stereocenters. The van der Waals surface area contributed by atoms with Gasteiger partial charge in [0.25, 0.3) is 6.29 Å². The van der Waals surface area contributed by atoms with E-state index in [2.05, 4.69) is 0 Å². The van der Waals surface area contributed by atoms with Gasteiger partial charge in [0.1, 0.15) is 27.1 Å². The van der Waals surface area contributed by atoms with Crippen LogP contribution in [-0.2, 0) is 38.1 Å². The van der Waals surface area contributed by atoms with Crippen molar-refractivity contribution in [3.8, 4) is 11.5 Å². The maximum atomic E-state index is 15.3. The molecule has 19 nitrogen and oxygen atoms in total. The Morgan fingerprint density at radius 3 is 1.66 bits per heavy atom. The monoisotopic (exact) mass is 842 g/mol. The minimum absolute atomic E-state index is 0.242. The van der Waals surface area contributed by atoms with E-state index in [1.165, 1.54) is 31.2 Å². The Hall–Kier alpha value is -5.22. The third-order valence-corrected chi connectivity index (χ3v) is 13.7. The quantitative estimate of drug-likeness (QED) is 0.174. The third kappa shape index (κ3) is 5.99. The first-order chi connectivity index (χ1) is 27.7. The van der Waals surface area contributed by atoms with Crippen LogP contribution in [0.5, 0.6) is 11.5 Å². The predicted molar refractivity (Wildman–Crippen MR) is 194 cm³/mol. The van der Waals surface area contributed by atoms with Gasteiger partial charge >= 0.3 is 17.9 Å². The molecule has 7 rings (SSSR count). The largest absolute Gasteiger partial charge is 0.507 e. The fourth-order valence-corrected chi connectivity index (χ4v) is 11.2. The average molecular weight is 843 g/mol. The van der Waals surface area contributed by atoms with E-state index >= 15 is 9.59 Å². The lowest BCUT2D eigenvalue weighted by Crippen LogP contribution is -2.79. The fourth-order valence-electron chi connectivity index (χ4n) is 8.87. The molecule has 20 heteroatoms. The van der Waals surface area contributed by atoms with E-state index in [1.807, 2.05) is 0 Å². The van der Waals surface area contributed by atoms with Crippen molar-refractivity contribution >= 4 is 52.8 Å². The summed E-state index contributed by atoms with van der Waals surface area (Å²) < 4.78 is 21.7. The first-order valence-electron chi connectivity index (χ1n) is 18.2. The Labute approximate surface area is 337 Å². The summed E-state index contributed by atoms with van der Waals surface area (Å²) in [6, 6.07) is 7.03. The molecule has 0 unspecified atom stereocenters. The number of phenols is 2. The van der Waals surface area contributed by atoms with Crippen LogP contribution in [0.25, 0.3) is 0 Å². The zero-order valence-electron chi connectivity index (χ0n) is 31.3. The number of methoxy groups -OCH3 is 1. The van der Waals surface area contributed by atoms with E-state index in [-0.39, 0.29) is 11.8 Å². The summed E-state index contributed by atoms with van der Waals surface area (Å²) in [6.07, 6.45) is -14.4. The number of fused-ring (bicyclic) bond motifs is 4. The second kappa shape index (κ2) is 14.5. The molecule has 0 spiro atoms. The molecule has 2 saturated heterocycles. The highest BCUT2D eigenvalue weighted by Gasteiger charge is 2.78. The van der Waals surface area contributed by atoms with Crippen LogP contribution in [0.1, 0.15) is 81.0 Å². The molecule has 5 aliphatic rings. The van der Waals surface area contributed by atoms with Crippen molar-refractivity contribution in [2.75, 3.05) is 7.11 Å². The summed E-state index contributed by atoms with van der Waals surface area (Å²) in [5, 5.41) is 77.3. The number of thioether (sulfide) groups is 1. The number of carboxylic acids is 1. The second-order valence-electron chi connectivity index (χ2n) is 15.0. The topological polar surface area (TPSA) is 307 Å². The van der Waals surface area contributed by atoms with Crippen molar-refractivity contribution in [1.82, 2.24) is 0 Å². The maximum Gasteiger partial charge on any atom is 0.371 e. The minimum Gasteiger partial charge on any atom is -0.507 e. The first-order valence-corrected chi connectivity index (χ1v) is 19.0. The van der Waals surface area contributed by atoms with E-state index in [1.54, 1.807) is 0 Å². The minimum atomic E-state index is -3.05. The van der Waals surface area contributed by atoms with E-state index in [4.69, 9.17) is 23.7 Å². The van der Waals surface area contributed by atoms with Crippen LogP contribution >= 0.6 is 11.8 Å². The van der Waals surface area contributed by atoms with Crippen LogP contribution in [0.4, 0.5) is 0 Å². The number of aliphatic carboxylic acids is 1. The Kier molecular flexibility index (Phi) is 10.3. The van der Waals surface area contributed by atoms with E-state index in [0.717, 1.165) is 26.2 Å². The molecule has 0 aromatic heterocycles. The van der Waals surface area contributed by atoms with Crippen LogP contribution in [0, 0.1) is 0 Å². The Balaban J connectivity index is 1.39. The number of aliphatic hydroxyl groups is 4. The number of hydrogen-bond acceptors (Lipinski definition) is 19. The highest BCUT2D eigenvalue weighted by molar-refractivity contribution is 8.03. The Bertz CT molecular complexity index is 2240. The lowest BCUT2D eigenvalue weighted by Gasteiger charge is -2.61. The highest BCUT2D eigenvalue weighted by Crippen LogP contribution is 2.64. The number of phenolic OH excluding ortho intramolecular Hbond substituents is 2. The van der Waals surface area contributed by atoms with Crippen molar-refractivity contribution in [2.45, 2.75) is 103 Å². The lowest BCUT2D eigenvalue weighted by molar-refractivity contribution is -0.216. The molecule has 0 amide bonds. The molecule has 3 heterocycles. The summed E-state index contributed by atoms with van der Waals surface area (Å²) in [6.45, 7) is 2.38. The molecule has 0 saturated carbocycles. The SMILES string of the molecule is COC(=O)C[C@H]1C[C@@]2(S[C@@]34C[C@H](CC(=O)O[C@H]5OC(C(=O)O)=C[C@@H](O)[C@@H]5O)O[C@@H](C)[C@@]3(O)C(=O)c3c(O)cccc3C4=O)C(=O)c3cccc(O)c3C(=O)[C@]2(O)[C@H](C)O1. The molecule has 314 valence electrons. The molecule has 2 fully saturated rings. The number of benzene rings is 2. The molecule has 2 aromatic carbocycles. The number of aliphatic hydroxyl groups excluding tert-OH is 2. The summed E-state index contributed by atoms with van der Waals surface area (Å²) in [7, 11) is 1.08. The molecule has 2 aromatic rings. The van der Waals surface area contributed by atoms with Crippen molar-refractivity contribution in [3.63, 3.8) is 0 Å². The number of carboxylic acid groups (broad SMARTS) is 1. The maximum absolute atomic E-state index is 15.3. The number of aromatic hydroxyl groups is 2. The second-order valence-corrected chi connectivity index (χ2v) is 16.6. The average Bonchev–Trinajstić information content (AvgIpc) is 3.17. The van der Waals surface area contributed by atoms with Crippen LogP contribution in [0.15, 0.2) is 48.2 Å². The Morgan fingerprint density at radius 1 is 0.763 bits per heavy atom. The standard InChI is InChI=1S/C39H38O19S/c1-15-38(52)32(48)27-19(6-4-8-21(27)40)30(46)36(38,13-17(55-15)10-25(43)54-3)59-37-14-18(11-26(44)58-35-29(45)23(42)12-24(57-35)34(50)51)56-16(2)39(37,53)33(49)28-20(31(37)47)7-5-9-22(28)41/h4-9,12,15-18,23,29,35,40-42,45,52-53H,10-11,13-14H2,1-3H3,(H,50,51)/t15-,16-,17-,18-,23+,29-,35+,36+,37+,38+,39+/m0/s1. The summed E-state index contributed by atoms with van der Waals surface area (Å²) in [5.41, 5.74) is -8.08. The van der Waals surface area contributed by atoms with Crippen LogP contribution in [0.3, 0.4) is 0 Å². The molecule has 0 radical (unpaired) electrons. The molecule has 2 aliphatic carbocycles. The van der Waals surface area contributed by atoms with Gasteiger partial charge in [-0.1, -0.05) is 24.3 Å². The Morgan fingerprint density at radius 2 is 1.22 bits per heavy atom. The zero-order valence-corrected chi connectivity index (χ0v) is 32.2. The lowest BCUT2D eigenvalue weighted by atomic mass is 9.63. The van der Waals surface area contributed by atoms with E-state index < -0.39 is 170 Å². The molecule has 59 heavy (non-hydrogen) atoms. The van der Waals surface area contributed by atoms with Crippen molar-refractivity contribution in [1.29, 1.82) is 0 Å². The van der Waals surface area contributed by atoms with Crippen molar-refractivity contribution in [3.05, 3.63) is 70.5 Å². The zero-order chi connectivity index (χ0) is 43.1. The summed E-state index contributed by atoms with van der Waals surface area (Å²) >= 11 is 0.242. The first kappa shape index (κ1) is 41.9. The van der Waals surface area contributed by atoms with Gasteiger partial charge in [0.15, 0.2) is 28.9 Å². The number of rotatable bonds is 8. The van der Waals surface area contributed by atoms with Crippen molar-refractivity contribution in [2.24, 2.45) is 0 Å². The number of Topliss-reactive ketones (excluding diaryl/α,β-unsaturated/α-hetero) is 4. The normalized spacial score (nSPS) is 36.2. The van der Waals surface area contributed by atoms with E-state index in [9.17, 15) is 59.7 Å². The molecular formula is C39H38O19S. The van der Waals surface area contributed by atoms with Gasteiger partial charge in [-0.15, -0.1) is 11.8 Å². The number of ketones is 4. The number of ether oxygens (including phenoxy) is 5. The van der Waals surface area contributed by atoms with Crippen LogP contribution in [-0.4, -0.2) is 148 Å². The molecule has 0 bridgehead atoms. The smallest absolute Gasteiger partial charge is 0.371 e. The highest BCUT2D eigenvalue weighted by atomic mass is 32.2. The molecular weight excluding hydrogens is 804 g/mol. The third-order valence-electron chi connectivity index (χ3n) is 11.7. The van der Waals surface area contributed by atoms with Gasteiger partial charge in [-0.05, 0) is 44.9 Å². The van der Waals surface area contributed by atoms with Crippen LogP contribution in [0.2, 0.25) is 0 Å². The number of esters is 2. The number of carbonyl (C=O) groups excluding carboxylic acids is 6. The van der Waals surface area contributed by atoms with Gasteiger partial charge < -0.3 is 59.4 Å². The molecule has 3 aliphatic heterocycles.